The highest BCUT2D eigenvalue weighted by Gasteiger charge is 2.17. The minimum Gasteiger partial charge on any atom is -0.326 e. The van der Waals surface area contributed by atoms with Gasteiger partial charge in [-0.25, -0.2) is 8.42 Å². The lowest BCUT2D eigenvalue weighted by atomic mass is 10.2. The van der Waals surface area contributed by atoms with Gasteiger partial charge in [0.25, 0.3) is 10.0 Å². The molecule has 0 spiro atoms. The largest absolute Gasteiger partial charge is 0.326 e. The van der Waals surface area contributed by atoms with E-state index in [2.05, 4.69) is 14.9 Å². The van der Waals surface area contributed by atoms with E-state index in [1.54, 1.807) is 6.92 Å². The third kappa shape index (κ3) is 3.21. The summed E-state index contributed by atoms with van der Waals surface area (Å²) in [6, 6.07) is 4.36. The van der Waals surface area contributed by atoms with Crippen molar-refractivity contribution >= 4 is 38.1 Å². The highest BCUT2D eigenvalue weighted by Crippen LogP contribution is 2.23. The number of halogens is 1. The van der Waals surface area contributed by atoms with Crippen LogP contribution in [0.2, 0.25) is 5.02 Å². The predicted molar refractivity (Wildman–Crippen MR) is 74.8 cm³/mol. The van der Waals surface area contributed by atoms with Crippen LogP contribution >= 0.6 is 22.9 Å². The first kappa shape index (κ1) is 14.2. The van der Waals surface area contributed by atoms with Gasteiger partial charge in [-0.15, -0.1) is 10.2 Å². The minimum atomic E-state index is -3.71. The number of nitrogens with two attached hydrogens (primary N) is 1. The van der Waals surface area contributed by atoms with Gasteiger partial charge < -0.3 is 5.73 Å². The highest BCUT2D eigenvalue weighted by atomic mass is 35.5. The smallest absolute Gasteiger partial charge is 0.263 e. The van der Waals surface area contributed by atoms with Crippen molar-refractivity contribution in [1.29, 1.82) is 0 Å². The fraction of sp³-hybridized carbons (Fsp3) is 0.200. The summed E-state index contributed by atoms with van der Waals surface area (Å²) in [6.07, 6.45) is 0. The van der Waals surface area contributed by atoms with Crippen molar-refractivity contribution in [1.82, 2.24) is 10.2 Å². The van der Waals surface area contributed by atoms with Crippen LogP contribution < -0.4 is 10.5 Å². The summed E-state index contributed by atoms with van der Waals surface area (Å²) in [4.78, 5) is 0.0882. The molecule has 0 fully saturated rings. The molecule has 1 heterocycles. The third-order valence-corrected chi connectivity index (χ3v) is 4.88. The van der Waals surface area contributed by atoms with E-state index in [0.717, 1.165) is 11.3 Å². The van der Waals surface area contributed by atoms with E-state index < -0.39 is 10.0 Å². The van der Waals surface area contributed by atoms with Crippen LogP contribution in [0, 0.1) is 6.92 Å². The topological polar surface area (TPSA) is 98.0 Å². The molecule has 0 unspecified atom stereocenters. The molecule has 3 N–H and O–H groups in total. The van der Waals surface area contributed by atoms with Gasteiger partial charge in [0.15, 0.2) is 0 Å². The molecule has 0 aliphatic rings. The number of nitrogens with one attached hydrogen (secondary N) is 1. The molecule has 1 aromatic carbocycles. The molecule has 0 radical (unpaired) electrons. The number of aromatic nitrogens is 2. The summed E-state index contributed by atoms with van der Waals surface area (Å²) in [6.45, 7) is 1.91. The van der Waals surface area contributed by atoms with Crippen LogP contribution in [0.25, 0.3) is 0 Å². The fourth-order valence-electron chi connectivity index (χ4n) is 1.39. The van der Waals surface area contributed by atoms with Gasteiger partial charge in [0.1, 0.15) is 5.01 Å². The summed E-state index contributed by atoms with van der Waals surface area (Å²) in [5.41, 5.74) is 6.07. The quantitative estimate of drug-likeness (QED) is 0.895. The van der Waals surface area contributed by atoms with E-state index >= 15 is 0 Å². The van der Waals surface area contributed by atoms with E-state index in [0.29, 0.717) is 15.6 Å². The van der Waals surface area contributed by atoms with Crippen molar-refractivity contribution < 1.29 is 8.42 Å². The standard InChI is InChI=1S/C10H11ClN4O2S2/c1-6-13-14-10(18-6)15-19(16,17)8-2-3-9(11)7(4-8)5-12/h2-4H,5,12H2,1H3,(H,14,15). The van der Waals surface area contributed by atoms with Crippen molar-refractivity contribution in [2.24, 2.45) is 5.73 Å². The maximum Gasteiger partial charge on any atom is 0.263 e. The van der Waals surface area contributed by atoms with Gasteiger partial charge in [0.05, 0.1) is 4.90 Å². The molecule has 0 amide bonds. The Hall–Kier alpha value is -1.22. The molecule has 0 bridgehead atoms. The Balaban J connectivity index is 2.34. The molecule has 2 rings (SSSR count). The number of rotatable bonds is 4. The van der Waals surface area contributed by atoms with Gasteiger partial charge in [-0.1, -0.05) is 22.9 Å². The van der Waals surface area contributed by atoms with Gasteiger partial charge in [-0.2, -0.15) is 0 Å². The molecular weight excluding hydrogens is 308 g/mol. The minimum absolute atomic E-state index is 0.0882. The van der Waals surface area contributed by atoms with Crippen molar-refractivity contribution in [3.8, 4) is 0 Å². The van der Waals surface area contributed by atoms with E-state index in [1.165, 1.54) is 18.2 Å². The van der Waals surface area contributed by atoms with Crippen molar-refractivity contribution in [3.63, 3.8) is 0 Å². The molecule has 0 atom stereocenters. The zero-order valence-corrected chi connectivity index (χ0v) is 12.3. The highest BCUT2D eigenvalue weighted by molar-refractivity contribution is 7.93. The second-order valence-electron chi connectivity index (χ2n) is 3.69. The maximum atomic E-state index is 12.1. The number of anilines is 1. The van der Waals surface area contributed by atoms with Crippen LogP contribution in [-0.2, 0) is 16.6 Å². The SMILES string of the molecule is Cc1nnc(NS(=O)(=O)c2ccc(Cl)c(CN)c2)s1. The Morgan fingerprint density at radius 2 is 2.16 bits per heavy atom. The lowest BCUT2D eigenvalue weighted by molar-refractivity contribution is 0.601. The fourth-order valence-corrected chi connectivity index (χ4v) is 3.45. The monoisotopic (exact) mass is 318 g/mol. The Bertz CT molecular complexity index is 699. The van der Waals surface area contributed by atoms with Gasteiger partial charge >= 0.3 is 0 Å². The first-order valence-corrected chi connectivity index (χ1v) is 7.91. The van der Waals surface area contributed by atoms with Gasteiger partial charge in [-0.05, 0) is 30.7 Å². The van der Waals surface area contributed by atoms with Gasteiger partial charge in [0.2, 0.25) is 5.13 Å². The normalized spacial score (nSPS) is 11.5. The van der Waals surface area contributed by atoms with Crippen LogP contribution in [-0.4, -0.2) is 18.6 Å². The van der Waals surface area contributed by atoms with E-state index in [4.69, 9.17) is 17.3 Å². The summed E-state index contributed by atoms with van der Waals surface area (Å²) < 4.78 is 26.6. The molecule has 6 nitrogen and oxygen atoms in total. The number of benzene rings is 1. The van der Waals surface area contributed by atoms with Crippen LogP contribution in [0.3, 0.4) is 0 Å². The van der Waals surface area contributed by atoms with Gasteiger partial charge in [-0.3, -0.25) is 4.72 Å². The van der Waals surface area contributed by atoms with E-state index in [1.807, 2.05) is 0 Å². The average molecular weight is 319 g/mol. The maximum absolute atomic E-state index is 12.1. The number of aryl methyl sites for hydroxylation is 1. The second-order valence-corrected chi connectivity index (χ2v) is 6.96. The Morgan fingerprint density at radius 3 is 2.74 bits per heavy atom. The predicted octanol–water partition coefficient (Wildman–Crippen LogP) is 1.76. The zero-order chi connectivity index (χ0) is 14.0. The van der Waals surface area contributed by atoms with E-state index in [9.17, 15) is 8.42 Å². The summed E-state index contributed by atoms with van der Waals surface area (Å²) >= 11 is 7.05. The van der Waals surface area contributed by atoms with Crippen LogP contribution in [0.15, 0.2) is 23.1 Å². The first-order valence-electron chi connectivity index (χ1n) is 5.24. The second kappa shape index (κ2) is 5.41. The molecule has 0 saturated carbocycles. The van der Waals surface area contributed by atoms with E-state index in [-0.39, 0.29) is 16.6 Å². The van der Waals surface area contributed by atoms with Crippen LogP contribution in [0.4, 0.5) is 5.13 Å². The summed E-state index contributed by atoms with van der Waals surface area (Å²) in [5.74, 6) is 0. The molecule has 1 aromatic heterocycles. The summed E-state index contributed by atoms with van der Waals surface area (Å²) in [5, 5.41) is 8.80. The molecule has 9 heteroatoms. The Labute approximate surface area is 119 Å². The number of hydrogen-bond donors (Lipinski definition) is 2. The number of nitrogens with zero attached hydrogens (tertiary/aromatic N) is 2. The Morgan fingerprint density at radius 1 is 1.42 bits per heavy atom. The average Bonchev–Trinajstić information content (AvgIpc) is 2.74. The molecular formula is C10H11ClN4O2S2. The number of hydrogen-bond acceptors (Lipinski definition) is 6. The zero-order valence-electron chi connectivity index (χ0n) is 9.92. The summed E-state index contributed by atoms with van der Waals surface area (Å²) in [7, 11) is -3.71. The molecule has 102 valence electrons. The third-order valence-electron chi connectivity index (χ3n) is 2.30. The van der Waals surface area contributed by atoms with Crippen LogP contribution in [0.1, 0.15) is 10.6 Å². The van der Waals surface area contributed by atoms with Crippen molar-refractivity contribution in [2.45, 2.75) is 18.4 Å². The first-order chi connectivity index (χ1) is 8.92. The lowest BCUT2D eigenvalue weighted by Gasteiger charge is -2.07. The van der Waals surface area contributed by atoms with Crippen molar-refractivity contribution in [2.75, 3.05) is 4.72 Å². The molecule has 0 aliphatic carbocycles. The van der Waals surface area contributed by atoms with Gasteiger partial charge in [0, 0.05) is 11.6 Å². The molecule has 0 aliphatic heterocycles. The van der Waals surface area contributed by atoms with Crippen molar-refractivity contribution in [3.05, 3.63) is 33.8 Å². The molecule has 2 aromatic rings. The lowest BCUT2D eigenvalue weighted by Crippen LogP contribution is -2.13. The van der Waals surface area contributed by atoms with Crippen LogP contribution in [0.5, 0.6) is 0 Å². The molecule has 19 heavy (non-hydrogen) atoms. The Kier molecular flexibility index (Phi) is 4.04. The molecule has 0 saturated heterocycles. The number of sulfonamides is 1.